The number of carboxylic acid groups (broad SMARTS) is 1. The molecule has 1 rings (SSSR count). The van der Waals surface area contributed by atoms with Crippen molar-refractivity contribution < 1.29 is 14.6 Å². The summed E-state index contributed by atoms with van der Waals surface area (Å²) in [6, 6.07) is 0.00836. The fraction of sp³-hybridized carbons (Fsp3) is 0.727. The van der Waals surface area contributed by atoms with Gasteiger partial charge in [0.15, 0.2) is 0 Å². The second-order valence-corrected chi connectivity index (χ2v) is 3.67. The Labute approximate surface area is 90.2 Å². The van der Waals surface area contributed by atoms with Gasteiger partial charge >= 0.3 is 5.97 Å². The quantitative estimate of drug-likeness (QED) is 0.533. The van der Waals surface area contributed by atoms with E-state index in [0.29, 0.717) is 13.2 Å². The van der Waals surface area contributed by atoms with E-state index in [1.807, 2.05) is 0 Å². The van der Waals surface area contributed by atoms with Gasteiger partial charge in [-0.25, -0.2) is 0 Å². The van der Waals surface area contributed by atoms with Gasteiger partial charge < -0.3 is 9.84 Å². The Morgan fingerprint density at radius 2 is 2.47 bits per heavy atom. The minimum absolute atomic E-state index is 0.00836. The summed E-state index contributed by atoms with van der Waals surface area (Å²) in [6.45, 7) is 2.88. The van der Waals surface area contributed by atoms with Crippen LogP contribution in [-0.2, 0) is 9.53 Å². The summed E-state index contributed by atoms with van der Waals surface area (Å²) < 4.78 is 5.27. The highest BCUT2D eigenvalue weighted by molar-refractivity contribution is 5.67. The third-order valence-corrected chi connectivity index (χ3v) is 2.53. The lowest BCUT2D eigenvalue weighted by Crippen LogP contribution is -2.46. The van der Waals surface area contributed by atoms with Crippen LogP contribution in [0, 0.1) is 12.3 Å². The van der Waals surface area contributed by atoms with E-state index in [9.17, 15) is 4.79 Å². The molecule has 0 aromatic rings. The van der Waals surface area contributed by atoms with Gasteiger partial charge in [0.2, 0.25) is 0 Å². The van der Waals surface area contributed by atoms with Crippen molar-refractivity contribution in [2.45, 2.75) is 25.3 Å². The Bertz CT molecular complexity index is 247. The molecule has 0 saturated carbocycles. The number of ether oxygens (including phenoxy) is 1. The molecule has 4 heteroatoms. The first-order valence-electron chi connectivity index (χ1n) is 5.21. The minimum Gasteiger partial charge on any atom is -0.481 e. The van der Waals surface area contributed by atoms with Crippen LogP contribution >= 0.6 is 0 Å². The van der Waals surface area contributed by atoms with E-state index in [-0.39, 0.29) is 12.5 Å². The van der Waals surface area contributed by atoms with Crippen LogP contribution in [0.4, 0.5) is 0 Å². The van der Waals surface area contributed by atoms with E-state index < -0.39 is 5.97 Å². The van der Waals surface area contributed by atoms with Gasteiger partial charge in [0, 0.05) is 19.0 Å². The highest BCUT2D eigenvalue weighted by Gasteiger charge is 2.24. The van der Waals surface area contributed by atoms with Crippen molar-refractivity contribution in [2.24, 2.45) is 0 Å². The third kappa shape index (κ3) is 4.32. The average molecular weight is 211 g/mol. The summed E-state index contributed by atoms with van der Waals surface area (Å²) in [4.78, 5) is 12.8. The van der Waals surface area contributed by atoms with Gasteiger partial charge in [-0.3, -0.25) is 9.69 Å². The Morgan fingerprint density at radius 3 is 3.13 bits per heavy atom. The number of nitrogens with zero attached hydrogens (tertiary/aromatic N) is 1. The van der Waals surface area contributed by atoms with Gasteiger partial charge in [-0.05, 0) is 13.0 Å². The van der Waals surface area contributed by atoms with Crippen molar-refractivity contribution >= 4 is 5.97 Å². The van der Waals surface area contributed by atoms with Crippen LogP contribution in [0.15, 0.2) is 0 Å². The number of hydrogen-bond acceptors (Lipinski definition) is 3. The molecule has 1 aliphatic rings. The van der Waals surface area contributed by atoms with E-state index in [0.717, 1.165) is 25.9 Å². The first kappa shape index (κ1) is 12.0. The summed E-state index contributed by atoms with van der Waals surface area (Å²) in [5, 5.41) is 8.74. The molecule has 1 atom stereocenters. The van der Waals surface area contributed by atoms with Gasteiger partial charge in [0.1, 0.15) is 0 Å². The molecule has 1 unspecified atom stereocenters. The molecule has 0 bridgehead atoms. The Balaban J connectivity index is 2.36. The van der Waals surface area contributed by atoms with E-state index >= 15 is 0 Å². The molecule has 1 aliphatic heterocycles. The fourth-order valence-corrected chi connectivity index (χ4v) is 1.76. The van der Waals surface area contributed by atoms with Crippen LogP contribution in [-0.4, -0.2) is 48.3 Å². The van der Waals surface area contributed by atoms with Gasteiger partial charge in [-0.15, -0.1) is 12.3 Å². The molecule has 1 saturated heterocycles. The first-order valence-corrected chi connectivity index (χ1v) is 5.21. The van der Waals surface area contributed by atoms with Gasteiger partial charge in [-0.1, -0.05) is 0 Å². The molecular weight excluding hydrogens is 194 g/mol. The standard InChI is InChI=1S/C11H17NO3/c1-2-3-4-5-12-6-7-15-9-10(12)8-11(13)14/h1,10H,3-9H2,(H,13,14). The van der Waals surface area contributed by atoms with Crippen LogP contribution in [0.1, 0.15) is 19.3 Å². The third-order valence-electron chi connectivity index (χ3n) is 2.53. The van der Waals surface area contributed by atoms with Crippen molar-refractivity contribution in [1.82, 2.24) is 4.90 Å². The maximum Gasteiger partial charge on any atom is 0.305 e. The summed E-state index contributed by atoms with van der Waals surface area (Å²) in [6.07, 6.45) is 6.99. The second-order valence-electron chi connectivity index (χ2n) is 3.67. The smallest absolute Gasteiger partial charge is 0.305 e. The summed E-state index contributed by atoms with van der Waals surface area (Å²) in [5.74, 6) is 1.82. The lowest BCUT2D eigenvalue weighted by Gasteiger charge is -2.34. The Kier molecular flexibility index (Phi) is 5.16. The Hall–Kier alpha value is -1.05. The number of morpholine rings is 1. The van der Waals surface area contributed by atoms with Gasteiger partial charge in [-0.2, -0.15) is 0 Å². The number of unbranched alkanes of at least 4 members (excludes halogenated alkanes) is 1. The molecule has 0 aliphatic carbocycles. The van der Waals surface area contributed by atoms with E-state index in [2.05, 4.69) is 10.8 Å². The number of aliphatic carboxylic acids is 1. The van der Waals surface area contributed by atoms with Crippen LogP contribution in [0.25, 0.3) is 0 Å². The normalized spacial score (nSPS) is 22.2. The number of hydrogen-bond donors (Lipinski definition) is 1. The number of carboxylic acids is 1. The van der Waals surface area contributed by atoms with Gasteiger partial charge in [0.25, 0.3) is 0 Å². The average Bonchev–Trinajstić information content (AvgIpc) is 2.20. The summed E-state index contributed by atoms with van der Waals surface area (Å²) in [7, 11) is 0. The van der Waals surface area contributed by atoms with Crippen LogP contribution in [0.3, 0.4) is 0 Å². The second kappa shape index (κ2) is 6.44. The topological polar surface area (TPSA) is 49.8 Å². The Morgan fingerprint density at radius 1 is 1.67 bits per heavy atom. The molecule has 84 valence electrons. The maximum atomic E-state index is 10.6. The summed E-state index contributed by atoms with van der Waals surface area (Å²) in [5.41, 5.74) is 0. The largest absolute Gasteiger partial charge is 0.481 e. The predicted molar refractivity (Wildman–Crippen MR) is 56.5 cm³/mol. The monoisotopic (exact) mass is 211 g/mol. The first-order chi connectivity index (χ1) is 7.24. The zero-order chi connectivity index (χ0) is 11.1. The van der Waals surface area contributed by atoms with E-state index in [1.54, 1.807) is 0 Å². The minimum atomic E-state index is -0.771. The zero-order valence-corrected chi connectivity index (χ0v) is 8.82. The van der Waals surface area contributed by atoms with E-state index in [4.69, 9.17) is 16.3 Å². The van der Waals surface area contributed by atoms with Crippen molar-refractivity contribution in [3.63, 3.8) is 0 Å². The van der Waals surface area contributed by atoms with Crippen LogP contribution < -0.4 is 0 Å². The molecule has 0 aromatic heterocycles. The number of carbonyl (C=O) groups is 1. The highest BCUT2D eigenvalue weighted by Crippen LogP contribution is 2.11. The van der Waals surface area contributed by atoms with Gasteiger partial charge in [0.05, 0.1) is 19.6 Å². The molecule has 4 nitrogen and oxygen atoms in total. The van der Waals surface area contributed by atoms with Crippen molar-refractivity contribution in [3.05, 3.63) is 0 Å². The highest BCUT2D eigenvalue weighted by atomic mass is 16.5. The molecule has 1 N–H and O–H groups in total. The SMILES string of the molecule is C#CCCCN1CCOCC1CC(=O)O. The van der Waals surface area contributed by atoms with Crippen molar-refractivity contribution in [2.75, 3.05) is 26.3 Å². The predicted octanol–water partition coefficient (Wildman–Crippen LogP) is 0.575. The lowest BCUT2D eigenvalue weighted by atomic mass is 10.1. The molecule has 0 amide bonds. The number of rotatable bonds is 5. The van der Waals surface area contributed by atoms with Crippen molar-refractivity contribution in [1.29, 1.82) is 0 Å². The van der Waals surface area contributed by atoms with Crippen LogP contribution in [0.2, 0.25) is 0 Å². The lowest BCUT2D eigenvalue weighted by molar-refractivity contribution is -0.140. The molecule has 0 aromatic carbocycles. The maximum absolute atomic E-state index is 10.6. The molecular formula is C11H17NO3. The van der Waals surface area contributed by atoms with Crippen molar-refractivity contribution in [3.8, 4) is 12.3 Å². The molecule has 1 fully saturated rings. The van der Waals surface area contributed by atoms with E-state index in [1.165, 1.54) is 0 Å². The molecule has 0 spiro atoms. The van der Waals surface area contributed by atoms with Crippen LogP contribution in [0.5, 0.6) is 0 Å². The fourth-order valence-electron chi connectivity index (χ4n) is 1.76. The summed E-state index contributed by atoms with van der Waals surface area (Å²) >= 11 is 0. The molecule has 15 heavy (non-hydrogen) atoms. The molecule has 1 heterocycles. The number of terminal acetylenes is 1. The molecule has 0 radical (unpaired) electrons. The zero-order valence-electron chi connectivity index (χ0n) is 8.82.